The first-order valence-electron chi connectivity index (χ1n) is 13.8. The Morgan fingerprint density at radius 2 is 1.93 bits per heavy atom. The largest absolute Gasteiger partial charge is 0.490 e. The minimum Gasteiger partial charge on any atom is -0.490 e. The van der Waals surface area contributed by atoms with Crippen molar-refractivity contribution in [3.8, 4) is 17.2 Å². The fraction of sp³-hybridized carbons (Fsp3) is 0.393. The standard InChI is InChI=1S/C28H31FN8O3S/c29-22-16-20(40-19-5-14-41(38)15-6-19)3-4-24(22)35-10-7-34(8-11-35)9-12-36-27-21(18-31-36)25-17-23(26-2-1-13-39-26)33-37(25)28(30)32-27/h1-4,13,16-19H,5-12,14-15H2,(H2,30,32). The van der Waals surface area contributed by atoms with Crippen LogP contribution in [0.4, 0.5) is 16.0 Å². The normalized spacial score (nSPS) is 20.3. The Kier molecular flexibility index (Phi) is 6.83. The highest BCUT2D eigenvalue weighted by atomic mass is 32.2. The van der Waals surface area contributed by atoms with Gasteiger partial charge >= 0.3 is 0 Å². The van der Waals surface area contributed by atoms with Gasteiger partial charge in [-0.25, -0.2) is 9.07 Å². The van der Waals surface area contributed by atoms with E-state index in [4.69, 9.17) is 14.9 Å². The van der Waals surface area contributed by atoms with E-state index in [2.05, 4.69) is 25.0 Å². The predicted octanol–water partition coefficient (Wildman–Crippen LogP) is 3.17. The maximum atomic E-state index is 15.0. The number of piperazine rings is 1. The van der Waals surface area contributed by atoms with Crippen molar-refractivity contribution in [3.05, 3.63) is 54.7 Å². The van der Waals surface area contributed by atoms with Gasteiger partial charge in [0.1, 0.15) is 23.4 Å². The van der Waals surface area contributed by atoms with Crippen LogP contribution < -0.4 is 15.4 Å². The third kappa shape index (κ3) is 5.15. The minimum absolute atomic E-state index is 0.00498. The second-order valence-corrected chi connectivity index (χ2v) is 12.2. The zero-order valence-corrected chi connectivity index (χ0v) is 23.3. The molecular weight excluding hydrogens is 547 g/mol. The molecule has 0 spiro atoms. The van der Waals surface area contributed by atoms with Crippen LogP contribution in [-0.4, -0.2) is 83.8 Å². The SMILES string of the molecule is Nc1nc2c(cnn2CCN2CCN(c3ccc(OC4CCS(=O)CC4)cc3F)CC2)c2cc(-c3ccco3)nn12. The molecule has 0 unspecified atom stereocenters. The molecule has 2 N–H and O–H groups in total. The lowest BCUT2D eigenvalue weighted by Crippen LogP contribution is -2.47. The lowest BCUT2D eigenvalue weighted by Gasteiger charge is -2.36. The van der Waals surface area contributed by atoms with Crippen molar-refractivity contribution >= 4 is 39.0 Å². The molecular formula is C28H31FN8O3S. The van der Waals surface area contributed by atoms with Crippen molar-refractivity contribution in [1.29, 1.82) is 0 Å². The van der Waals surface area contributed by atoms with Gasteiger partial charge < -0.3 is 19.8 Å². The van der Waals surface area contributed by atoms with E-state index in [1.54, 1.807) is 17.0 Å². The molecule has 2 saturated heterocycles. The van der Waals surface area contributed by atoms with E-state index >= 15 is 4.39 Å². The third-order valence-corrected chi connectivity index (χ3v) is 9.29. The Balaban J connectivity index is 0.974. The van der Waals surface area contributed by atoms with Gasteiger partial charge in [0.2, 0.25) is 5.95 Å². The molecule has 0 saturated carbocycles. The van der Waals surface area contributed by atoms with Crippen molar-refractivity contribution in [2.24, 2.45) is 0 Å². The van der Waals surface area contributed by atoms with Gasteiger partial charge in [0.05, 0.1) is 35.6 Å². The fourth-order valence-corrected chi connectivity index (χ4v) is 6.89. The zero-order valence-electron chi connectivity index (χ0n) is 22.5. The molecule has 4 aromatic heterocycles. The number of nitrogens with two attached hydrogens (primary N) is 1. The number of ether oxygens (including phenoxy) is 1. The van der Waals surface area contributed by atoms with E-state index in [9.17, 15) is 4.21 Å². The summed E-state index contributed by atoms with van der Waals surface area (Å²) in [6.07, 6.45) is 4.91. The highest BCUT2D eigenvalue weighted by Crippen LogP contribution is 2.28. The van der Waals surface area contributed by atoms with Crippen molar-refractivity contribution in [3.63, 3.8) is 0 Å². The third-order valence-electron chi connectivity index (χ3n) is 7.91. The Hall–Kier alpha value is -3.97. The van der Waals surface area contributed by atoms with E-state index in [-0.39, 0.29) is 17.9 Å². The smallest absolute Gasteiger partial charge is 0.223 e. The van der Waals surface area contributed by atoms with Crippen LogP contribution in [0, 0.1) is 5.82 Å². The molecule has 2 aliphatic heterocycles. The van der Waals surface area contributed by atoms with Crippen LogP contribution >= 0.6 is 0 Å². The molecule has 6 heterocycles. The number of halogens is 1. The van der Waals surface area contributed by atoms with Gasteiger partial charge in [0.15, 0.2) is 11.4 Å². The molecule has 1 aromatic carbocycles. The summed E-state index contributed by atoms with van der Waals surface area (Å²) in [7, 11) is -0.744. The number of hydrogen-bond donors (Lipinski definition) is 1. The molecule has 214 valence electrons. The zero-order chi connectivity index (χ0) is 27.9. The van der Waals surface area contributed by atoms with Crippen molar-refractivity contribution in [1.82, 2.24) is 29.3 Å². The van der Waals surface area contributed by atoms with E-state index < -0.39 is 10.8 Å². The van der Waals surface area contributed by atoms with Crippen molar-refractivity contribution in [2.75, 3.05) is 54.9 Å². The van der Waals surface area contributed by atoms with E-state index in [1.807, 2.05) is 35.0 Å². The van der Waals surface area contributed by atoms with Gasteiger partial charge in [-0.2, -0.15) is 19.7 Å². The molecule has 0 bridgehead atoms. The van der Waals surface area contributed by atoms with Crippen molar-refractivity contribution in [2.45, 2.75) is 25.5 Å². The number of furan rings is 1. The molecule has 5 aromatic rings. The Labute approximate surface area is 238 Å². The first-order chi connectivity index (χ1) is 20.0. The molecule has 0 amide bonds. The first-order valence-corrected chi connectivity index (χ1v) is 15.3. The summed E-state index contributed by atoms with van der Waals surface area (Å²) in [4.78, 5) is 9.02. The lowest BCUT2D eigenvalue weighted by molar-refractivity contribution is 0.190. The van der Waals surface area contributed by atoms with Crippen LogP contribution in [-0.2, 0) is 17.3 Å². The van der Waals surface area contributed by atoms with Gasteiger partial charge in [-0.3, -0.25) is 9.11 Å². The summed E-state index contributed by atoms with van der Waals surface area (Å²) in [6.45, 7) is 4.51. The quantitative estimate of drug-likeness (QED) is 0.311. The molecule has 13 heteroatoms. The van der Waals surface area contributed by atoms with Crippen LogP contribution in [0.3, 0.4) is 0 Å². The lowest BCUT2D eigenvalue weighted by atomic mass is 10.2. The maximum Gasteiger partial charge on any atom is 0.223 e. The fourth-order valence-electron chi connectivity index (χ4n) is 5.64. The number of hydrogen-bond acceptors (Lipinski definition) is 9. The second-order valence-electron chi connectivity index (χ2n) is 10.5. The second kappa shape index (κ2) is 10.8. The summed E-state index contributed by atoms with van der Waals surface area (Å²) in [5, 5.41) is 10.0. The van der Waals surface area contributed by atoms with Crippen LogP contribution in [0.15, 0.2) is 53.3 Å². The summed E-state index contributed by atoms with van der Waals surface area (Å²) < 4.78 is 41.5. The number of nitrogens with zero attached hydrogens (tertiary/aromatic N) is 7. The Morgan fingerprint density at radius 3 is 2.68 bits per heavy atom. The van der Waals surface area contributed by atoms with Gasteiger partial charge in [0.25, 0.3) is 0 Å². The van der Waals surface area contributed by atoms with Crippen LogP contribution in [0.1, 0.15) is 12.8 Å². The maximum absolute atomic E-state index is 15.0. The summed E-state index contributed by atoms with van der Waals surface area (Å²) in [5.41, 5.74) is 9.07. The summed E-state index contributed by atoms with van der Waals surface area (Å²) in [6, 6.07) is 10.7. The Bertz CT molecular complexity index is 1700. The first kappa shape index (κ1) is 26.0. The van der Waals surface area contributed by atoms with Crippen LogP contribution in [0.5, 0.6) is 5.75 Å². The molecule has 11 nitrogen and oxygen atoms in total. The Morgan fingerprint density at radius 1 is 1.10 bits per heavy atom. The number of benzene rings is 1. The summed E-state index contributed by atoms with van der Waals surface area (Å²) >= 11 is 0. The average Bonchev–Trinajstić information content (AvgIpc) is 3.74. The van der Waals surface area contributed by atoms with Gasteiger partial charge in [-0.05, 0) is 43.2 Å². The monoisotopic (exact) mass is 578 g/mol. The molecule has 7 rings (SSSR count). The number of aromatic nitrogens is 5. The van der Waals surface area contributed by atoms with E-state index in [0.717, 1.165) is 56.5 Å². The number of rotatable bonds is 7. The molecule has 0 atom stereocenters. The van der Waals surface area contributed by atoms with Crippen LogP contribution in [0.25, 0.3) is 28.0 Å². The summed E-state index contributed by atoms with van der Waals surface area (Å²) in [5.74, 6) is 2.51. The average molecular weight is 579 g/mol. The molecule has 0 aliphatic carbocycles. The highest BCUT2D eigenvalue weighted by Gasteiger charge is 2.23. The van der Waals surface area contributed by atoms with Gasteiger partial charge in [0, 0.05) is 61.1 Å². The topological polar surface area (TPSA) is 120 Å². The van der Waals surface area contributed by atoms with E-state index in [1.165, 1.54) is 6.07 Å². The van der Waals surface area contributed by atoms with Gasteiger partial charge in [-0.15, -0.1) is 0 Å². The number of fused-ring (bicyclic) bond motifs is 3. The highest BCUT2D eigenvalue weighted by molar-refractivity contribution is 7.85. The van der Waals surface area contributed by atoms with E-state index in [0.29, 0.717) is 46.6 Å². The van der Waals surface area contributed by atoms with Gasteiger partial charge in [-0.1, -0.05) is 0 Å². The van der Waals surface area contributed by atoms with Crippen molar-refractivity contribution < 1.29 is 17.8 Å². The molecule has 41 heavy (non-hydrogen) atoms. The number of nitrogen functional groups attached to an aromatic ring is 1. The predicted molar refractivity (Wildman–Crippen MR) is 155 cm³/mol. The minimum atomic E-state index is -0.744. The number of anilines is 2. The van der Waals surface area contributed by atoms with Crippen LogP contribution in [0.2, 0.25) is 0 Å². The molecule has 2 aliphatic rings. The molecule has 2 fully saturated rings. The molecule has 0 radical (unpaired) electrons.